The lowest BCUT2D eigenvalue weighted by Gasteiger charge is -2.44. The van der Waals surface area contributed by atoms with Gasteiger partial charge >= 0.3 is 0 Å². The predicted octanol–water partition coefficient (Wildman–Crippen LogP) is 4.57. The average Bonchev–Trinajstić information content (AvgIpc) is 3.07. The highest BCUT2D eigenvalue weighted by molar-refractivity contribution is 6.30. The Kier molecular flexibility index (Phi) is 5.52. The van der Waals surface area contributed by atoms with E-state index in [1.807, 2.05) is 29.2 Å². The molecular weight excluding hydrogens is 336 g/mol. The highest BCUT2D eigenvalue weighted by Gasteiger charge is 2.40. The molecule has 2 heterocycles. The van der Waals surface area contributed by atoms with Gasteiger partial charge in [-0.25, -0.2) is 4.98 Å². The molecule has 4 nitrogen and oxygen atoms in total. The Labute approximate surface area is 155 Å². The van der Waals surface area contributed by atoms with Gasteiger partial charge in [-0.15, -0.1) is 0 Å². The van der Waals surface area contributed by atoms with Gasteiger partial charge in [0.1, 0.15) is 0 Å². The number of ether oxygens (including phenoxy) is 2. The molecule has 0 saturated carbocycles. The van der Waals surface area contributed by atoms with Crippen LogP contribution in [0.25, 0.3) is 0 Å². The fourth-order valence-corrected chi connectivity index (χ4v) is 3.18. The summed E-state index contributed by atoms with van der Waals surface area (Å²) < 4.78 is 14.7. The number of imidazole rings is 1. The van der Waals surface area contributed by atoms with Gasteiger partial charge in [-0.2, -0.15) is 0 Å². The van der Waals surface area contributed by atoms with Crippen LogP contribution in [0.1, 0.15) is 32.8 Å². The number of hydrogen-bond donors (Lipinski definition) is 0. The average molecular weight is 363 g/mol. The molecule has 1 aromatic carbocycles. The van der Waals surface area contributed by atoms with E-state index in [-0.39, 0.29) is 5.41 Å². The van der Waals surface area contributed by atoms with E-state index >= 15 is 0 Å². The maximum absolute atomic E-state index is 6.33. The van der Waals surface area contributed by atoms with Gasteiger partial charge in [0.05, 0.1) is 26.1 Å². The number of benzene rings is 1. The topological polar surface area (TPSA) is 36.3 Å². The van der Waals surface area contributed by atoms with Gasteiger partial charge in [0.25, 0.3) is 0 Å². The Balaban J connectivity index is 1.70. The standard InChI is InChI=1S/C20H27ClN2O2/c1-19(2,3)17-12-24-20(25-13-17,14-23-11-10-22-15-23)9-8-16-4-6-18(21)7-5-16/h4-7,10-11,15,17H,8-9,12-14H2,1-3H3. The van der Waals surface area contributed by atoms with Crippen molar-refractivity contribution in [1.29, 1.82) is 0 Å². The van der Waals surface area contributed by atoms with Gasteiger partial charge < -0.3 is 14.0 Å². The molecule has 1 fully saturated rings. The molecule has 0 unspecified atom stereocenters. The Bertz CT molecular complexity index is 654. The molecule has 136 valence electrons. The zero-order valence-corrected chi connectivity index (χ0v) is 16.0. The van der Waals surface area contributed by atoms with Crippen LogP contribution in [0.5, 0.6) is 0 Å². The summed E-state index contributed by atoms with van der Waals surface area (Å²) in [5.41, 5.74) is 1.41. The van der Waals surface area contributed by atoms with Crippen LogP contribution in [-0.4, -0.2) is 28.6 Å². The van der Waals surface area contributed by atoms with Gasteiger partial charge in [-0.1, -0.05) is 44.5 Å². The van der Waals surface area contributed by atoms with E-state index in [0.717, 1.165) is 31.1 Å². The fraction of sp³-hybridized carbons (Fsp3) is 0.550. The first kappa shape index (κ1) is 18.4. The van der Waals surface area contributed by atoms with Gasteiger partial charge in [0.15, 0.2) is 5.79 Å². The lowest BCUT2D eigenvalue weighted by atomic mass is 9.81. The normalized spacial score (nSPS) is 24.4. The summed E-state index contributed by atoms with van der Waals surface area (Å²) >= 11 is 5.98. The van der Waals surface area contributed by atoms with E-state index in [2.05, 4.69) is 37.9 Å². The summed E-state index contributed by atoms with van der Waals surface area (Å²) in [5, 5.41) is 0.759. The van der Waals surface area contributed by atoms with Crippen molar-refractivity contribution in [3.8, 4) is 0 Å². The number of halogens is 1. The van der Waals surface area contributed by atoms with Crippen molar-refractivity contribution >= 4 is 11.6 Å². The van der Waals surface area contributed by atoms with E-state index in [1.165, 1.54) is 5.56 Å². The lowest BCUT2D eigenvalue weighted by Crippen LogP contribution is -2.50. The first-order valence-electron chi connectivity index (χ1n) is 8.84. The highest BCUT2D eigenvalue weighted by Crippen LogP contribution is 2.35. The first-order valence-corrected chi connectivity index (χ1v) is 9.22. The lowest BCUT2D eigenvalue weighted by molar-refractivity contribution is -0.301. The van der Waals surface area contributed by atoms with E-state index in [4.69, 9.17) is 21.1 Å². The predicted molar refractivity (Wildman–Crippen MR) is 99.6 cm³/mol. The molecule has 3 rings (SSSR count). The van der Waals surface area contributed by atoms with Crippen LogP contribution in [-0.2, 0) is 22.4 Å². The summed E-state index contributed by atoms with van der Waals surface area (Å²) in [6.45, 7) is 8.80. The molecule has 0 amide bonds. The van der Waals surface area contributed by atoms with Gasteiger partial charge in [0.2, 0.25) is 0 Å². The minimum atomic E-state index is -0.609. The number of aromatic nitrogens is 2. The molecule has 1 aliphatic rings. The van der Waals surface area contributed by atoms with Crippen molar-refractivity contribution in [2.24, 2.45) is 11.3 Å². The maximum Gasteiger partial charge on any atom is 0.186 e. The molecule has 0 radical (unpaired) electrons. The maximum atomic E-state index is 6.33. The van der Waals surface area contributed by atoms with Crippen LogP contribution < -0.4 is 0 Å². The quantitative estimate of drug-likeness (QED) is 0.781. The smallest absolute Gasteiger partial charge is 0.186 e. The van der Waals surface area contributed by atoms with Crippen LogP contribution in [0.2, 0.25) is 5.02 Å². The molecular formula is C20H27ClN2O2. The van der Waals surface area contributed by atoms with Crippen LogP contribution >= 0.6 is 11.6 Å². The summed E-state index contributed by atoms with van der Waals surface area (Å²) in [6, 6.07) is 7.98. The molecule has 0 spiro atoms. The second kappa shape index (κ2) is 7.48. The summed E-state index contributed by atoms with van der Waals surface area (Å²) in [6.07, 6.45) is 7.22. The second-order valence-corrected chi connectivity index (χ2v) is 8.39. The third-order valence-electron chi connectivity index (χ3n) is 5.01. The van der Waals surface area contributed by atoms with Gasteiger partial charge in [-0.05, 0) is 29.5 Å². The molecule has 1 aromatic heterocycles. The summed E-state index contributed by atoms with van der Waals surface area (Å²) in [7, 11) is 0. The SMILES string of the molecule is CC(C)(C)C1COC(CCc2ccc(Cl)cc2)(Cn2ccnc2)OC1. The van der Waals surface area contributed by atoms with E-state index in [9.17, 15) is 0 Å². The summed E-state index contributed by atoms with van der Waals surface area (Å²) in [5.74, 6) is -0.207. The van der Waals surface area contributed by atoms with Crippen molar-refractivity contribution < 1.29 is 9.47 Å². The Morgan fingerprint density at radius 3 is 2.44 bits per heavy atom. The molecule has 5 heteroatoms. The number of rotatable bonds is 5. The number of nitrogens with zero attached hydrogens (tertiary/aromatic N) is 2. The Morgan fingerprint density at radius 1 is 1.20 bits per heavy atom. The Morgan fingerprint density at radius 2 is 1.88 bits per heavy atom. The number of aryl methyl sites for hydroxylation is 1. The molecule has 0 atom stereocenters. The molecule has 0 bridgehead atoms. The molecule has 2 aromatic rings. The largest absolute Gasteiger partial charge is 0.348 e. The summed E-state index contributed by atoms with van der Waals surface area (Å²) in [4.78, 5) is 4.14. The first-order chi connectivity index (χ1) is 11.9. The van der Waals surface area contributed by atoms with Crippen LogP contribution in [0, 0.1) is 11.3 Å². The van der Waals surface area contributed by atoms with Crippen LogP contribution in [0.4, 0.5) is 0 Å². The zero-order chi connectivity index (χ0) is 17.9. The molecule has 1 aliphatic heterocycles. The van der Waals surface area contributed by atoms with Crippen molar-refractivity contribution in [2.45, 2.75) is 45.9 Å². The molecule has 25 heavy (non-hydrogen) atoms. The minimum Gasteiger partial charge on any atom is -0.348 e. The molecule has 0 N–H and O–H groups in total. The number of hydrogen-bond acceptors (Lipinski definition) is 3. The highest BCUT2D eigenvalue weighted by atomic mass is 35.5. The van der Waals surface area contributed by atoms with Crippen molar-refractivity contribution in [1.82, 2.24) is 9.55 Å². The van der Waals surface area contributed by atoms with Gasteiger partial charge in [-0.3, -0.25) is 0 Å². The van der Waals surface area contributed by atoms with E-state index in [1.54, 1.807) is 6.20 Å². The van der Waals surface area contributed by atoms with Gasteiger partial charge in [0, 0.05) is 29.8 Å². The minimum absolute atomic E-state index is 0.178. The fourth-order valence-electron chi connectivity index (χ4n) is 3.05. The molecule has 1 saturated heterocycles. The monoisotopic (exact) mass is 362 g/mol. The van der Waals surface area contributed by atoms with Crippen LogP contribution in [0.15, 0.2) is 43.0 Å². The molecule has 0 aliphatic carbocycles. The van der Waals surface area contributed by atoms with Crippen molar-refractivity contribution in [3.63, 3.8) is 0 Å². The zero-order valence-electron chi connectivity index (χ0n) is 15.2. The second-order valence-electron chi connectivity index (χ2n) is 7.96. The van der Waals surface area contributed by atoms with E-state index < -0.39 is 5.79 Å². The Hall–Kier alpha value is -1.36. The third-order valence-corrected chi connectivity index (χ3v) is 5.26. The van der Waals surface area contributed by atoms with E-state index in [0.29, 0.717) is 12.5 Å². The third kappa shape index (κ3) is 4.84. The van der Waals surface area contributed by atoms with Crippen molar-refractivity contribution in [3.05, 3.63) is 53.6 Å². The van der Waals surface area contributed by atoms with Crippen LogP contribution in [0.3, 0.4) is 0 Å². The van der Waals surface area contributed by atoms with Crippen molar-refractivity contribution in [2.75, 3.05) is 13.2 Å².